The van der Waals surface area contributed by atoms with E-state index in [4.69, 9.17) is 11.5 Å². The number of hydrogen-bond donors (Lipinski definition) is 4. The summed E-state index contributed by atoms with van der Waals surface area (Å²) in [5.41, 5.74) is 13.5. The van der Waals surface area contributed by atoms with Crippen LogP contribution in [0, 0.1) is 0 Å². The number of para-hydroxylation sites is 1. The monoisotopic (exact) mass is 236 g/mol. The summed E-state index contributed by atoms with van der Waals surface area (Å²) in [6.07, 6.45) is -0.424. The average molecular weight is 237 g/mol. The van der Waals surface area contributed by atoms with E-state index in [0.717, 1.165) is 11.3 Å². The fourth-order valence-corrected chi connectivity index (χ4v) is 1.39. The number of nitrogens with two attached hydrogens (primary N) is 2. The van der Waals surface area contributed by atoms with Gasteiger partial charge in [0.2, 0.25) is 0 Å². The van der Waals surface area contributed by atoms with Crippen molar-refractivity contribution in [1.82, 2.24) is 5.32 Å². The van der Waals surface area contributed by atoms with E-state index in [-0.39, 0.29) is 37.3 Å². The average Bonchev–Trinajstić information content (AvgIpc) is 2.04. The third kappa shape index (κ3) is 2.50. The van der Waals surface area contributed by atoms with Crippen LogP contribution in [0.4, 0.5) is 5.69 Å². The minimum Gasteiger partial charge on any atom is -0.357 e. The van der Waals surface area contributed by atoms with Crippen LogP contribution in [0.5, 0.6) is 0 Å². The Morgan fingerprint density at radius 1 is 1.07 bits per heavy atom. The van der Waals surface area contributed by atoms with Gasteiger partial charge in [-0.2, -0.15) is 0 Å². The van der Waals surface area contributed by atoms with Crippen molar-refractivity contribution in [3.05, 3.63) is 29.8 Å². The van der Waals surface area contributed by atoms with E-state index >= 15 is 0 Å². The first-order chi connectivity index (χ1) is 5.77. The molecule has 0 aromatic heterocycles. The number of benzene rings is 1. The van der Waals surface area contributed by atoms with Crippen molar-refractivity contribution in [2.24, 2.45) is 11.5 Å². The fourth-order valence-electron chi connectivity index (χ4n) is 1.39. The van der Waals surface area contributed by atoms with Crippen LogP contribution >= 0.6 is 24.8 Å². The Hall–Kier alpha value is -0.520. The van der Waals surface area contributed by atoms with E-state index in [1.165, 1.54) is 0 Å². The van der Waals surface area contributed by atoms with Crippen molar-refractivity contribution in [2.45, 2.75) is 12.5 Å². The summed E-state index contributed by atoms with van der Waals surface area (Å²) in [6.45, 7) is 0. The molecule has 0 saturated heterocycles. The summed E-state index contributed by atoms with van der Waals surface area (Å²) in [6, 6.07) is 7.86. The first-order valence-corrected chi connectivity index (χ1v) is 3.90. The number of hydrogen-bond acceptors (Lipinski definition) is 4. The minimum absolute atomic E-state index is 0. The normalized spacial score (nSPS) is 23.6. The SMILES string of the molecule is Cl.Cl.NC1Nc2ccccc2C(N)N1. The van der Waals surface area contributed by atoms with Gasteiger partial charge in [0.25, 0.3) is 0 Å². The quantitative estimate of drug-likeness (QED) is 0.537. The Morgan fingerprint density at radius 2 is 1.71 bits per heavy atom. The molecule has 1 aliphatic rings. The van der Waals surface area contributed by atoms with Gasteiger partial charge in [-0.15, -0.1) is 24.8 Å². The first-order valence-electron chi connectivity index (χ1n) is 3.90. The molecule has 1 aromatic rings. The molecule has 0 spiro atoms. The maximum Gasteiger partial charge on any atom is 0.131 e. The van der Waals surface area contributed by atoms with Crippen LogP contribution in [-0.4, -0.2) is 6.29 Å². The highest BCUT2D eigenvalue weighted by atomic mass is 35.5. The fraction of sp³-hybridized carbons (Fsp3) is 0.250. The zero-order chi connectivity index (χ0) is 8.55. The van der Waals surface area contributed by atoms with Crippen LogP contribution in [-0.2, 0) is 0 Å². The molecule has 0 aliphatic carbocycles. The first kappa shape index (κ1) is 13.5. The van der Waals surface area contributed by atoms with Crippen LogP contribution in [0.15, 0.2) is 24.3 Å². The van der Waals surface area contributed by atoms with Crippen LogP contribution in [0.2, 0.25) is 0 Å². The molecular weight excluding hydrogens is 223 g/mol. The zero-order valence-corrected chi connectivity index (χ0v) is 9.07. The van der Waals surface area contributed by atoms with Crippen molar-refractivity contribution in [2.75, 3.05) is 5.32 Å². The van der Waals surface area contributed by atoms with Crippen LogP contribution in [0.1, 0.15) is 11.7 Å². The van der Waals surface area contributed by atoms with E-state index in [9.17, 15) is 0 Å². The largest absolute Gasteiger partial charge is 0.357 e. The Bertz CT molecular complexity index is 294. The number of nitrogens with one attached hydrogen (secondary N) is 2. The van der Waals surface area contributed by atoms with Gasteiger partial charge in [-0.3, -0.25) is 11.1 Å². The lowest BCUT2D eigenvalue weighted by Gasteiger charge is -2.29. The molecule has 2 atom stereocenters. The summed E-state index contributed by atoms with van der Waals surface area (Å²) >= 11 is 0. The Labute approximate surface area is 95.2 Å². The van der Waals surface area contributed by atoms with Crippen molar-refractivity contribution in [3.63, 3.8) is 0 Å². The van der Waals surface area contributed by atoms with Gasteiger partial charge >= 0.3 is 0 Å². The molecule has 14 heavy (non-hydrogen) atoms. The third-order valence-corrected chi connectivity index (χ3v) is 1.97. The van der Waals surface area contributed by atoms with Gasteiger partial charge in [0, 0.05) is 11.3 Å². The molecule has 0 fully saturated rings. The van der Waals surface area contributed by atoms with Gasteiger partial charge in [0.05, 0.1) is 6.17 Å². The molecule has 1 aliphatic heterocycles. The second kappa shape index (κ2) is 5.38. The maximum absolute atomic E-state index is 5.81. The van der Waals surface area contributed by atoms with E-state index in [1.54, 1.807) is 0 Å². The molecule has 2 unspecified atom stereocenters. The lowest BCUT2D eigenvalue weighted by molar-refractivity contribution is 0.466. The minimum atomic E-state index is -0.255. The second-order valence-electron chi connectivity index (χ2n) is 2.85. The molecule has 80 valence electrons. The van der Waals surface area contributed by atoms with Crippen LogP contribution < -0.4 is 22.1 Å². The number of fused-ring (bicyclic) bond motifs is 1. The molecular formula is C8H14Cl2N4. The molecule has 1 heterocycles. The number of halogens is 2. The second-order valence-corrected chi connectivity index (χ2v) is 2.85. The molecule has 0 radical (unpaired) electrons. The molecule has 0 saturated carbocycles. The van der Waals surface area contributed by atoms with E-state index in [2.05, 4.69) is 10.6 Å². The lowest BCUT2D eigenvalue weighted by atomic mass is 10.1. The number of anilines is 1. The summed E-state index contributed by atoms with van der Waals surface area (Å²) < 4.78 is 0. The lowest BCUT2D eigenvalue weighted by Crippen LogP contribution is -2.51. The van der Waals surface area contributed by atoms with Crippen molar-refractivity contribution in [1.29, 1.82) is 0 Å². The highest BCUT2D eigenvalue weighted by Gasteiger charge is 2.18. The summed E-state index contributed by atoms with van der Waals surface area (Å²) in [7, 11) is 0. The predicted molar refractivity (Wildman–Crippen MR) is 62.6 cm³/mol. The van der Waals surface area contributed by atoms with Gasteiger partial charge in [-0.05, 0) is 6.07 Å². The van der Waals surface area contributed by atoms with Gasteiger partial charge < -0.3 is 11.1 Å². The van der Waals surface area contributed by atoms with Crippen LogP contribution in [0.3, 0.4) is 0 Å². The van der Waals surface area contributed by atoms with Crippen LogP contribution in [0.25, 0.3) is 0 Å². The topological polar surface area (TPSA) is 76.1 Å². The smallest absolute Gasteiger partial charge is 0.131 e. The van der Waals surface area contributed by atoms with Crippen molar-refractivity contribution >= 4 is 30.5 Å². The molecule has 2 rings (SSSR count). The third-order valence-electron chi connectivity index (χ3n) is 1.97. The standard InChI is InChI=1S/C8H12N4.2ClH/c9-7-5-3-1-2-4-6(5)11-8(10)12-7;;/h1-4,7-8,11-12H,9-10H2;2*1H. The highest BCUT2D eigenvalue weighted by Crippen LogP contribution is 2.22. The molecule has 0 amide bonds. The molecule has 6 heteroatoms. The molecule has 4 nitrogen and oxygen atoms in total. The summed E-state index contributed by atoms with van der Waals surface area (Å²) in [5.74, 6) is 0. The van der Waals surface area contributed by atoms with Gasteiger partial charge in [-0.1, -0.05) is 18.2 Å². The molecule has 6 N–H and O–H groups in total. The number of rotatable bonds is 0. The van der Waals surface area contributed by atoms with Gasteiger partial charge in [0.1, 0.15) is 6.29 Å². The molecule has 1 aromatic carbocycles. The summed E-state index contributed by atoms with van der Waals surface area (Å²) in [4.78, 5) is 0. The Balaban J connectivity index is 0.000000845. The summed E-state index contributed by atoms with van der Waals surface area (Å²) in [5, 5.41) is 6.06. The van der Waals surface area contributed by atoms with Crippen molar-refractivity contribution < 1.29 is 0 Å². The zero-order valence-electron chi connectivity index (χ0n) is 7.44. The van der Waals surface area contributed by atoms with E-state index < -0.39 is 0 Å². The maximum atomic E-state index is 5.81. The highest BCUT2D eigenvalue weighted by molar-refractivity contribution is 5.85. The van der Waals surface area contributed by atoms with E-state index in [0.29, 0.717) is 0 Å². The van der Waals surface area contributed by atoms with Gasteiger partial charge in [0.15, 0.2) is 0 Å². The van der Waals surface area contributed by atoms with Crippen molar-refractivity contribution in [3.8, 4) is 0 Å². The predicted octanol–water partition coefficient (Wildman–Crippen LogP) is 0.745. The van der Waals surface area contributed by atoms with E-state index in [1.807, 2.05) is 24.3 Å². The Kier molecular flexibility index (Phi) is 5.18. The van der Waals surface area contributed by atoms with Gasteiger partial charge in [-0.25, -0.2) is 0 Å². The Morgan fingerprint density at radius 3 is 2.43 bits per heavy atom. The molecule has 0 bridgehead atoms.